The Bertz CT molecular complexity index is 455. The van der Waals surface area contributed by atoms with E-state index in [1.807, 2.05) is 14.0 Å². The lowest BCUT2D eigenvalue weighted by molar-refractivity contribution is 0.0505. The molecule has 1 aromatic rings. The molecule has 2 rings (SSSR count). The summed E-state index contributed by atoms with van der Waals surface area (Å²) in [6.45, 7) is 5.36. The van der Waals surface area contributed by atoms with Gasteiger partial charge in [0.2, 0.25) is 5.88 Å². The number of ether oxygens (including phenoxy) is 2. The summed E-state index contributed by atoms with van der Waals surface area (Å²) in [4.78, 5) is 2.34. The minimum absolute atomic E-state index is 0.136. The van der Waals surface area contributed by atoms with E-state index in [9.17, 15) is 0 Å². The van der Waals surface area contributed by atoms with Crippen LogP contribution in [0.1, 0.15) is 30.1 Å². The van der Waals surface area contributed by atoms with E-state index in [1.165, 1.54) is 0 Å². The lowest BCUT2D eigenvalue weighted by Gasteiger charge is -2.32. The van der Waals surface area contributed by atoms with Crippen molar-refractivity contribution in [1.82, 2.24) is 14.7 Å². The molecule has 0 amide bonds. The van der Waals surface area contributed by atoms with Crippen LogP contribution in [0, 0.1) is 12.8 Å². The van der Waals surface area contributed by atoms with Crippen LogP contribution in [0.15, 0.2) is 0 Å². The SMILES string of the molecule is COc1c(C(CN)N(C)CC2CCOCC2)c(C)nn1C. The van der Waals surface area contributed by atoms with Gasteiger partial charge in [-0.3, -0.25) is 4.90 Å². The van der Waals surface area contributed by atoms with E-state index in [-0.39, 0.29) is 6.04 Å². The Hall–Kier alpha value is -1.11. The number of methoxy groups -OCH3 is 1. The maximum absolute atomic E-state index is 6.05. The van der Waals surface area contributed by atoms with Gasteiger partial charge < -0.3 is 15.2 Å². The summed E-state index contributed by atoms with van der Waals surface area (Å²) in [6.07, 6.45) is 2.26. The standard InChI is InChI=1S/C15H28N4O2/c1-11-14(15(20-4)19(3)17-11)13(9-16)18(2)10-12-5-7-21-8-6-12/h12-13H,5-10,16H2,1-4H3. The second kappa shape index (κ2) is 7.24. The number of nitrogens with zero attached hydrogens (tertiary/aromatic N) is 3. The van der Waals surface area contributed by atoms with Crippen molar-refractivity contribution in [2.75, 3.05) is 40.5 Å². The van der Waals surface area contributed by atoms with Gasteiger partial charge in [-0.1, -0.05) is 0 Å². The quantitative estimate of drug-likeness (QED) is 0.851. The van der Waals surface area contributed by atoms with Gasteiger partial charge in [-0.25, -0.2) is 4.68 Å². The molecule has 2 N–H and O–H groups in total. The normalized spacial score (nSPS) is 18.2. The average molecular weight is 296 g/mol. The molecule has 6 heteroatoms. The van der Waals surface area contributed by atoms with E-state index in [0.29, 0.717) is 12.5 Å². The van der Waals surface area contributed by atoms with Gasteiger partial charge in [0.15, 0.2) is 0 Å². The summed E-state index contributed by atoms with van der Waals surface area (Å²) in [6, 6.07) is 0.136. The first-order valence-electron chi connectivity index (χ1n) is 7.64. The predicted molar refractivity (Wildman–Crippen MR) is 82.5 cm³/mol. The number of nitrogens with two attached hydrogens (primary N) is 1. The van der Waals surface area contributed by atoms with Gasteiger partial charge in [-0.15, -0.1) is 0 Å². The first-order chi connectivity index (χ1) is 10.1. The van der Waals surface area contributed by atoms with Crippen molar-refractivity contribution in [1.29, 1.82) is 0 Å². The Kier molecular flexibility index (Phi) is 5.61. The van der Waals surface area contributed by atoms with Crippen LogP contribution in [0.25, 0.3) is 0 Å². The number of rotatable bonds is 6. The highest BCUT2D eigenvalue weighted by atomic mass is 16.5. The fourth-order valence-electron chi connectivity index (χ4n) is 3.26. The van der Waals surface area contributed by atoms with Gasteiger partial charge in [-0.05, 0) is 32.7 Å². The third-order valence-electron chi connectivity index (χ3n) is 4.38. The molecule has 1 unspecified atom stereocenters. The molecular formula is C15H28N4O2. The van der Waals surface area contributed by atoms with E-state index in [1.54, 1.807) is 11.8 Å². The van der Waals surface area contributed by atoms with Crippen LogP contribution in [-0.2, 0) is 11.8 Å². The van der Waals surface area contributed by atoms with Crippen LogP contribution in [0.5, 0.6) is 5.88 Å². The number of aryl methyl sites for hydroxylation is 2. The number of hydrogen-bond donors (Lipinski definition) is 1. The third-order valence-corrected chi connectivity index (χ3v) is 4.38. The molecule has 0 saturated carbocycles. The Labute approximate surface area is 127 Å². The van der Waals surface area contributed by atoms with E-state index in [2.05, 4.69) is 17.0 Å². The lowest BCUT2D eigenvalue weighted by atomic mass is 9.98. The average Bonchev–Trinajstić information content (AvgIpc) is 2.75. The van der Waals surface area contributed by atoms with E-state index >= 15 is 0 Å². The molecule has 1 aliphatic rings. The highest BCUT2D eigenvalue weighted by molar-refractivity contribution is 5.34. The highest BCUT2D eigenvalue weighted by Crippen LogP contribution is 2.31. The maximum Gasteiger partial charge on any atom is 0.216 e. The fraction of sp³-hybridized carbons (Fsp3) is 0.800. The molecule has 2 heterocycles. The number of hydrogen-bond acceptors (Lipinski definition) is 5. The summed E-state index contributed by atoms with van der Waals surface area (Å²) < 4.78 is 12.7. The second-order valence-electron chi connectivity index (χ2n) is 5.88. The molecule has 1 aromatic heterocycles. The number of aromatic nitrogens is 2. The van der Waals surface area contributed by atoms with Gasteiger partial charge in [0.1, 0.15) is 0 Å². The van der Waals surface area contributed by atoms with Crippen molar-refractivity contribution >= 4 is 0 Å². The van der Waals surface area contributed by atoms with Crippen molar-refractivity contribution in [2.24, 2.45) is 18.7 Å². The molecule has 0 aliphatic carbocycles. The minimum atomic E-state index is 0.136. The Morgan fingerprint density at radius 2 is 2.14 bits per heavy atom. The summed E-state index contributed by atoms with van der Waals surface area (Å²) >= 11 is 0. The lowest BCUT2D eigenvalue weighted by Crippen LogP contribution is -2.36. The zero-order valence-corrected chi connectivity index (χ0v) is 13.6. The zero-order valence-electron chi connectivity index (χ0n) is 13.6. The Morgan fingerprint density at radius 3 is 2.71 bits per heavy atom. The van der Waals surface area contributed by atoms with Crippen LogP contribution in [0.3, 0.4) is 0 Å². The first-order valence-corrected chi connectivity index (χ1v) is 7.64. The minimum Gasteiger partial charge on any atom is -0.481 e. The van der Waals surface area contributed by atoms with Gasteiger partial charge in [-0.2, -0.15) is 5.10 Å². The molecule has 0 radical (unpaired) electrons. The van der Waals surface area contributed by atoms with Gasteiger partial charge in [0, 0.05) is 33.4 Å². The molecular weight excluding hydrogens is 268 g/mol. The molecule has 1 atom stereocenters. The van der Waals surface area contributed by atoms with E-state index in [4.69, 9.17) is 15.2 Å². The molecule has 6 nitrogen and oxygen atoms in total. The first kappa shape index (κ1) is 16.3. The van der Waals surface area contributed by atoms with Gasteiger partial charge in [0.05, 0.1) is 24.4 Å². The van der Waals surface area contributed by atoms with Crippen molar-refractivity contribution < 1.29 is 9.47 Å². The monoisotopic (exact) mass is 296 g/mol. The van der Waals surface area contributed by atoms with E-state index < -0.39 is 0 Å². The van der Waals surface area contributed by atoms with Crippen LogP contribution in [-0.4, -0.2) is 55.1 Å². The summed E-state index contributed by atoms with van der Waals surface area (Å²) in [5.74, 6) is 1.49. The Balaban J connectivity index is 2.14. The molecule has 120 valence electrons. The summed E-state index contributed by atoms with van der Waals surface area (Å²) in [5.41, 5.74) is 8.15. The van der Waals surface area contributed by atoms with Crippen LogP contribution >= 0.6 is 0 Å². The van der Waals surface area contributed by atoms with Crippen LogP contribution < -0.4 is 10.5 Å². The Morgan fingerprint density at radius 1 is 1.48 bits per heavy atom. The van der Waals surface area contributed by atoms with Crippen molar-refractivity contribution in [3.63, 3.8) is 0 Å². The molecule has 1 fully saturated rings. The van der Waals surface area contributed by atoms with Crippen LogP contribution in [0.2, 0.25) is 0 Å². The fourth-order valence-corrected chi connectivity index (χ4v) is 3.26. The van der Waals surface area contributed by atoms with Gasteiger partial charge >= 0.3 is 0 Å². The van der Waals surface area contributed by atoms with E-state index in [0.717, 1.165) is 49.7 Å². The second-order valence-corrected chi connectivity index (χ2v) is 5.88. The highest BCUT2D eigenvalue weighted by Gasteiger charge is 2.27. The topological polar surface area (TPSA) is 65.5 Å². The molecule has 0 bridgehead atoms. The molecule has 1 aliphatic heterocycles. The van der Waals surface area contributed by atoms with Crippen molar-refractivity contribution in [3.05, 3.63) is 11.3 Å². The third kappa shape index (κ3) is 3.56. The summed E-state index contributed by atoms with van der Waals surface area (Å²) in [5, 5.41) is 4.47. The number of likely N-dealkylation sites (N-methyl/N-ethyl adjacent to an activating group) is 1. The van der Waals surface area contributed by atoms with Crippen molar-refractivity contribution in [2.45, 2.75) is 25.8 Å². The maximum atomic E-state index is 6.05. The predicted octanol–water partition coefficient (Wildman–Crippen LogP) is 1.10. The van der Waals surface area contributed by atoms with Crippen molar-refractivity contribution in [3.8, 4) is 5.88 Å². The largest absolute Gasteiger partial charge is 0.481 e. The molecule has 1 saturated heterocycles. The molecule has 21 heavy (non-hydrogen) atoms. The zero-order chi connectivity index (χ0) is 15.4. The summed E-state index contributed by atoms with van der Waals surface area (Å²) in [7, 11) is 5.73. The molecule has 0 aromatic carbocycles. The molecule has 0 spiro atoms. The van der Waals surface area contributed by atoms with Gasteiger partial charge in [0.25, 0.3) is 0 Å². The smallest absolute Gasteiger partial charge is 0.216 e. The van der Waals surface area contributed by atoms with Crippen LogP contribution in [0.4, 0.5) is 0 Å².